The summed E-state index contributed by atoms with van der Waals surface area (Å²) in [4.78, 5) is 23.8. The number of esters is 1. The van der Waals surface area contributed by atoms with Gasteiger partial charge in [-0.25, -0.2) is 13.2 Å². The number of hydrogen-bond donors (Lipinski definition) is 1. The lowest BCUT2D eigenvalue weighted by Crippen LogP contribution is -2.22. The van der Waals surface area contributed by atoms with Crippen molar-refractivity contribution in [2.75, 3.05) is 18.2 Å². The van der Waals surface area contributed by atoms with Crippen molar-refractivity contribution in [3.05, 3.63) is 41.6 Å². The zero-order valence-electron chi connectivity index (χ0n) is 13.4. The highest BCUT2D eigenvalue weighted by Crippen LogP contribution is 2.12. The van der Waals surface area contributed by atoms with Gasteiger partial charge < -0.3 is 10.1 Å². The number of carbonyl (C=O) groups is 2. The number of carbonyl (C=O) groups excluding carboxylic acids is 2. The summed E-state index contributed by atoms with van der Waals surface area (Å²) in [6, 6.07) is 7.11. The quantitative estimate of drug-likeness (QED) is 0.803. The maximum absolute atomic E-state index is 11.9. The number of nitrogens with zero attached hydrogens (tertiary/aromatic N) is 2. The zero-order valence-corrected chi connectivity index (χ0v) is 14.3. The Kier molecular flexibility index (Phi) is 5.03. The van der Waals surface area contributed by atoms with Crippen molar-refractivity contribution in [2.45, 2.75) is 11.8 Å². The number of amides is 1. The van der Waals surface area contributed by atoms with E-state index in [1.54, 1.807) is 20.0 Å². The lowest BCUT2D eigenvalue weighted by Gasteiger charge is -2.07. The number of anilines is 1. The van der Waals surface area contributed by atoms with Crippen molar-refractivity contribution in [3.8, 4) is 0 Å². The summed E-state index contributed by atoms with van der Waals surface area (Å²) in [5.41, 5.74) is 0.796. The van der Waals surface area contributed by atoms with Gasteiger partial charge in [0.05, 0.1) is 16.2 Å². The molecule has 0 bridgehead atoms. The minimum absolute atomic E-state index is 0.00626. The van der Waals surface area contributed by atoms with E-state index >= 15 is 0 Å². The van der Waals surface area contributed by atoms with Gasteiger partial charge in [0.15, 0.2) is 16.4 Å². The van der Waals surface area contributed by atoms with E-state index in [4.69, 9.17) is 4.74 Å². The molecule has 0 aliphatic carbocycles. The summed E-state index contributed by atoms with van der Waals surface area (Å²) >= 11 is 0. The molecule has 0 aliphatic heterocycles. The average molecular weight is 351 g/mol. The molecular weight excluding hydrogens is 334 g/mol. The van der Waals surface area contributed by atoms with E-state index in [2.05, 4.69) is 10.4 Å². The molecule has 9 heteroatoms. The van der Waals surface area contributed by atoms with Gasteiger partial charge in [0.25, 0.3) is 5.91 Å². The maximum Gasteiger partial charge on any atom is 0.338 e. The predicted octanol–water partition coefficient (Wildman–Crippen LogP) is 0.928. The fourth-order valence-electron chi connectivity index (χ4n) is 1.97. The second-order valence-electron chi connectivity index (χ2n) is 5.22. The van der Waals surface area contributed by atoms with Crippen LogP contribution < -0.4 is 5.32 Å². The number of ether oxygens (including phenoxy) is 1. The minimum atomic E-state index is -3.43. The Bertz CT molecular complexity index is 886. The summed E-state index contributed by atoms with van der Waals surface area (Å²) in [7, 11) is -1.76. The van der Waals surface area contributed by atoms with Crippen molar-refractivity contribution < 1.29 is 22.7 Å². The number of hydrogen-bond acceptors (Lipinski definition) is 6. The van der Waals surface area contributed by atoms with Crippen LogP contribution in [0, 0.1) is 6.92 Å². The molecule has 1 N–H and O–H groups in total. The molecule has 0 unspecified atom stereocenters. The highest BCUT2D eigenvalue weighted by Gasteiger charge is 2.14. The maximum atomic E-state index is 11.9. The van der Waals surface area contributed by atoms with Crippen molar-refractivity contribution in [1.82, 2.24) is 9.78 Å². The van der Waals surface area contributed by atoms with Crippen LogP contribution in [0.4, 0.5) is 5.82 Å². The van der Waals surface area contributed by atoms with Gasteiger partial charge in [-0.3, -0.25) is 9.48 Å². The highest BCUT2D eigenvalue weighted by atomic mass is 32.2. The van der Waals surface area contributed by atoms with E-state index < -0.39 is 28.3 Å². The van der Waals surface area contributed by atoms with E-state index in [-0.39, 0.29) is 10.5 Å². The fourth-order valence-corrected chi connectivity index (χ4v) is 2.64. The fraction of sp³-hybridized carbons (Fsp3) is 0.267. The Labute approximate surface area is 139 Å². The van der Waals surface area contributed by atoms with Crippen LogP contribution in [-0.4, -0.2) is 42.9 Å². The third-order valence-corrected chi connectivity index (χ3v) is 4.21. The summed E-state index contributed by atoms with van der Waals surface area (Å²) in [6.07, 6.45) is 1.04. The molecule has 1 heterocycles. The topological polar surface area (TPSA) is 107 Å². The Morgan fingerprint density at radius 3 is 2.58 bits per heavy atom. The smallest absolute Gasteiger partial charge is 0.338 e. The lowest BCUT2D eigenvalue weighted by atomic mass is 10.2. The van der Waals surface area contributed by atoms with Gasteiger partial charge in [-0.05, 0) is 25.1 Å². The summed E-state index contributed by atoms with van der Waals surface area (Å²) < 4.78 is 29.4. The number of sulfone groups is 1. The highest BCUT2D eigenvalue weighted by molar-refractivity contribution is 7.90. The molecule has 1 amide bonds. The largest absolute Gasteiger partial charge is 0.452 e. The second-order valence-corrected chi connectivity index (χ2v) is 7.23. The van der Waals surface area contributed by atoms with Crippen molar-refractivity contribution in [1.29, 1.82) is 0 Å². The number of nitrogens with one attached hydrogen (secondary N) is 1. The summed E-state index contributed by atoms with van der Waals surface area (Å²) in [5, 5.41) is 6.64. The third-order valence-electron chi connectivity index (χ3n) is 3.10. The van der Waals surface area contributed by atoms with E-state index in [9.17, 15) is 18.0 Å². The molecule has 128 valence electrons. The summed E-state index contributed by atoms with van der Waals surface area (Å²) in [5.74, 6) is -0.824. The Balaban J connectivity index is 1.98. The van der Waals surface area contributed by atoms with Crippen molar-refractivity contribution in [3.63, 3.8) is 0 Å². The molecule has 0 atom stereocenters. The van der Waals surface area contributed by atoms with Crippen molar-refractivity contribution in [2.24, 2.45) is 7.05 Å². The van der Waals surface area contributed by atoms with Crippen molar-refractivity contribution >= 4 is 27.5 Å². The van der Waals surface area contributed by atoms with Crippen LogP contribution in [0.3, 0.4) is 0 Å². The average Bonchev–Trinajstić information content (AvgIpc) is 2.81. The van der Waals surface area contributed by atoms with E-state index in [0.29, 0.717) is 5.82 Å². The van der Waals surface area contributed by atoms with Gasteiger partial charge in [0.2, 0.25) is 0 Å². The second kappa shape index (κ2) is 6.83. The first kappa shape index (κ1) is 17.7. The van der Waals surface area contributed by atoms with Gasteiger partial charge in [0.1, 0.15) is 5.82 Å². The molecule has 1 aromatic carbocycles. The first-order chi connectivity index (χ1) is 11.2. The predicted molar refractivity (Wildman–Crippen MR) is 86.4 cm³/mol. The molecule has 2 aromatic rings. The number of aromatic nitrogens is 2. The SMILES string of the molecule is Cc1cc(NC(=O)COC(=O)c2cccc(S(C)(=O)=O)c2)n(C)n1. The first-order valence-corrected chi connectivity index (χ1v) is 8.83. The Hall–Kier alpha value is -2.68. The molecule has 24 heavy (non-hydrogen) atoms. The van der Waals surface area contributed by atoms with Crippen LogP contribution in [0.1, 0.15) is 16.1 Å². The number of benzene rings is 1. The normalized spacial score (nSPS) is 11.1. The van der Waals surface area contributed by atoms with Crippen LogP contribution >= 0.6 is 0 Å². The van der Waals surface area contributed by atoms with Crippen LogP contribution in [-0.2, 0) is 26.4 Å². The molecule has 0 saturated carbocycles. The van der Waals surface area contributed by atoms with Crippen LogP contribution in [0.15, 0.2) is 35.2 Å². The molecule has 0 saturated heterocycles. The lowest BCUT2D eigenvalue weighted by molar-refractivity contribution is -0.119. The first-order valence-electron chi connectivity index (χ1n) is 6.94. The van der Waals surface area contributed by atoms with Gasteiger partial charge in [-0.1, -0.05) is 6.07 Å². The Morgan fingerprint density at radius 1 is 1.29 bits per heavy atom. The Morgan fingerprint density at radius 2 is 2.00 bits per heavy atom. The molecule has 0 aliphatic rings. The molecule has 0 fully saturated rings. The molecule has 2 rings (SSSR count). The molecule has 0 spiro atoms. The zero-order chi connectivity index (χ0) is 17.9. The standard InChI is InChI=1S/C15H17N3O5S/c1-10-7-13(18(2)17-10)16-14(19)9-23-15(20)11-5-4-6-12(8-11)24(3,21)22/h4-8H,9H2,1-3H3,(H,16,19). The van der Waals surface area contributed by atoms with E-state index in [1.807, 2.05) is 0 Å². The van der Waals surface area contributed by atoms with Gasteiger partial charge in [-0.2, -0.15) is 5.10 Å². The summed E-state index contributed by atoms with van der Waals surface area (Å²) in [6.45, 7) is 1.29. The van der Waals surface area contributed by atoms with Crippen LogP contribution in [0.2, 0.25) is 0 Å². The van der Waals surface area contributed by atoms with E-state index in [1.165, 1.54) is 28.9 Å². The van der Waals surface area contributed by atoms with Gasteiger partial charge >= 0.3 is 5.97 Å². The monoisotopic (exact) mass is 351 g/mol. The minimum Gasteiger partial charge on any atom is -0.452 e. The molecule has 0 radical (unpaired) electrons. The van der Waals surface area contributed by atoms with Gasteiger partial charge in [-0.15, -0.1) is 0 Å². The van der Waals surface area contributed by atoms with Crippen LogP contribution in [0.5, 0.6) is 0 Å². The van der Waals surface area contributed by atoms with Crippen LogP contribution in [0.25, 0.3) is 0 Å². The third kappa shape index (κ3) is 4.42. The molecule has 1 aromatic heterocycles. The number of rotatable bonds is 5. The van der Waals surface area contributed by atoms with Gasteiger partial charge in [0, 0.05) is 19.4 Å². The molecular formula is C15H17N3O5S. The number of aryl methyl sites for hydroxylation is 2. The van der Waals surface area contributed by atoms with E-state index in [0.717, 1.165) is 11.9 Å². The molecule has 8 nitrogen and oxygen atoms in total.